The normalized spacial score (nSPS) is 24.4. The van der Waals surface area contributed by atoms with E-state index >= 15 is 0 Å². The summed E-state index contributed by atoms with van der Waals surface area (Å²) < 4.78 is 7.10. The molecule has 4 nitrogen and oxygen atoms in total. The number of hydrogen-bond acceptors (Lipinski definition) is 5. The minimum Gasteiger partial charge on any atom is -0.468 e. The van der Waals surface area contributed by atoms with Crippen molar-refractivity contribution in [1.82, 2.24) is 9.21 Å². The SMILES string of the molecule is COC(=O)[C@@H]1CN(SC)CCN1C(C)(C)C. The fourth-order valence-corrected chi connectivity index (χ4v) is 2.62. The van der Waals surface area contributed by atoms with Crippen LogP contribution in [0.5, 0.6) is 0 Å². The first-order chi connectivity index (χ1) is 7.40. The predicted octanol–water partition coefficient (Wildman–Crippen LogP) is 1.22. The smallest absolute Gasteiger partial charge is 0.324 e. The Morgan fingerprint density at radius 1 is 1.38 bits per heavy atom. The van der Waals surface area contributed by atoms with Gasteiger partial charge in [-0.15, -0.1) is 0 Å². The first-order valence-corrected chi connectivity index (χ1v) is 6.72. The third-order valence-electron chi connectivity index (χ3n) is 2.94. The summed E-state index contributed by atoms with van der Waals surface area (Å²) in [7, 11) is 1.46. The second-order valence-corrected chi connectivity index (χ2v) is 5.86. The fourth-order valence-electron chi connectivity index (χ4n) is 2.06. The van der Waals surface area contributed by atoms with Gasteiger partial charge in [-0.2, -0.15) is 0 Å². The minimum atomic E-state index is -0.147. The second kappa shape index (κ2) is 5.38. The van der Waals surface area contributed by atoms with E-state index in [2.05, 4.69) is 30.0 Å². The zero-order valence-corrected chi connectivity index (χ0v) is 11.6. The van der Waals surface area contributed by atoms with Crippen molar-refractivity contribution >= 4 is 17.9 Å². The van der Waals surface area contributed by atoms with Crippen LogP contribution in [-0.2, 0) is 9.53 Å². The van der Waals surface area contributed by atoms with Gasteiger partial charge in [0, 0.05) is 25.2 Å². The Balaban J connectivity index is 2.80. The lowest BCUT2D eigenvalue weighted by molar-refractivity contribution is -0.151. The molecule has 0 aromatic carbocycles. The van der Waals surface area contributed by atoms with Crippen molar-refractivity contribution in [2.45, 2.75) is 32.4 Å². The van der Waals surface area contributed by atoms with Crippen molar-refractivity contribution in [3.05, 3.63) is 0 Å². The van der Waals surface area contributed by atoms with Crippen LogP contribution in [0, 0.1) is 0 Å². The van der Waals surface area contributed by atoms with Crippen LogP contribution < -0.4 is 0 Å². The molecule has 0 aromatic heterocycles. The molecule has 0 aliphatic carbocycles. The number of methoxy groups -OCH3 is 1. The molecule has 0 N–H and O–H groups in total. The number of piperazine rings is 1. The third-order valence-corrected chi connectivity index (χ3v) is 3.78. The van der Waals surface area contributed by atoms with Crippen LogP contribution in [0.1, 0.15) is 20.8 Å². The lowest BCUT2D eigenvalue weighted by Crippen LogP contribution is -2.60. The van der Waals surface area contributed by atoms with Gasteiger partial charge in [-0.3, -0.25) is 9.69 Å². The Kier molecular flexibility index (Phi) is 4.64. The number of rotatable bonds is 2. The van der Waals surface area contributed by atoms with Crippen molar-refractivity contribution in [3.63, 3.8) is 0 Å². The Bertz CT molecular complexity index is 253. The Morgan fingerprint density at radius 3 is 2.44 bits per heavy atom. The largest absolute Gasteiger partial charge is 0.468 e. The molecule has 0 unspecified atom stereocenters. The van der Waals surface area contributed by atoms with Gasteiger partial charge in [0.25, 0.3) is 0 Å². The van der Waals surface area contributed by atoms with E-state index < -0.39 is 0 Å². The molecule has 1 aliphatic rings. The van der Waals surface area contributed by atoms with Gasteiger partial charge in [-0.25, -0.2) is 4.31 Å². The maximum Gasteiger partial charge on any atom is 0.324 e. The molecule has 0 saturated carbocycles. The van der Waals surface area contributed by atoms with E-state index in [1.54, 1.807) is 11.9 Å². The fraction of sp³-hybridized carbons (Fsp3) is 0.909. The zero-order chi connectivity index (χ0) is 12.3. The van der Waals surface area contributed by atoms with Gasteiger partial charge in [0.2, 0.25) is 0 Å². The summed E-state index contributed by atoms with van der Waals surface area (Å²) in [6, 6.07) is -0.147. The van der Waals surface area contributed by atoms with Gasteiger partial charge in [0.05, 0.1) is 7.11 Å². The van der Waals surface area contributed by atoms with Crippen LogP contribution in [0.25, 0.3) is 0 Å². The van der Waals surface area contributed by atoms with Crippen molar-refractivity contribution < 1.29 is 9.53 Å². The first-order valence-electron chi connectivity index (χ1n) is 5.53. The molecule has 16 heavy (non-hydrogen) atoms. The molecule has 0 spiro atoms. The van der Waals surface area contributed by atoms with Gasteiger partial charge in [0.15, 0.2) is 0 Å². The Morgan fingerprint density at radius 2 is 2.00 bits per heavy atom. The van der Waals surface area contributed by atoms with Gasteiger partial charge >= 0.3 is 5.97 Å². The quantitative estimate of drug-likeness (QED) is 0.540. The molecule has 1 atom stereocenters. The number of carbonyl (C=O) groups is 1. The molecule has 1 aliphatic heterocycles. The molecular formula is C11H22N2O2S. The van der Waals surface area contributed by atoms with Crippen LogP contribution >= 0.6 is 11.9 Å². The number of carbonyl (C=O) groups excluding carboxylic acids is 1. The van der Waals surface area contributed by atoms with Crippen LogP contribution in [0.4, 0.5) is 0 Å². The topological polar surface area (TPSA) is 32.8 Å². The molecule has 1 saturated heterocycles. The number of hydrogen-bond donors (Lipinski definition) is 0. The lowest BCUT2D eigenvalue weighted by atomic mass is 10.0. The molecule has 94 valence electrons. The van der Waals surface area contributed by atoms with E-state index in [1.807, 2.05) is 6.26 Å². The van der Waals surface area contributed by atoms with Crippen molar-refractivity contribution in [2.24, 2.45) is 0 Å². The number of nitrogens with zero attached hydrogens (tertiary/aromatic N) is 2. The number of ether oxygens (including phenoxy) is 1. The van der Waals surface area contributed by atoms with Gasteiger partial charge in [-0.05, 0) is 27.0 Å². The highest BCUT2D eigenvalue weighted by Gasteiger charge is 2.38. The highest BCUT2D eigenvalue weighted by molar-refractivity contribution is 7.96. The molecular weight excluding hydrogens is 224 g/mol. The van der Waals surface area contributed by atoms with E-state index in [1.165, 1.54) is 7.11 Å². The summed E-state index contributed by atoms with van der Waals surface area (Å²) in [5.41, 5.74) is 0.00333. The molecule has 0 aromatic rings. The van der Waals surface area contributed by atoms with Crippen molar-refractivity contribution in [1.29, 1.82) is 0 Å². The van der Waals surface area contributed by atoms with E-state index in [0.717, 1.165) is 19.6 Å². The highest BCUT2D eigenvalue weighted by atomic mass is 32.2. The lowest BCUT2D eigenvalue weighted by Gasteiger charge is -2.45. The Labute approximate surface area is 102 Å². The Hall–Kier alpha value is -0.260. The molecule has 0 amide bonds. The molecule has 1 heterocycles. The zero-order valence-electron chi connectivity index (χ0n) is 10.8. The average molecular weight is 246 g/mol. The van der Waals surface area contributed by atoms with Crippen LogP contribution in [0.2, 0.25) is 0 Å². The summed E-state index contributed by atoms with van der Waals surface area (Å²) in [6.07, 6.45) is 2.04. The second-order valence-electron chi connectivity index (χ2n) is 4.97. The molecule has 5 heteroatoms. The highest BCUT2D eigenvalue weighted by Crippen LogP contribution is 2.24. The summed E-state index contributed by atoms with van der Waals surface area (Å²) >= 11 is 1.69. The summed E-state index contributed by atoms with van der Waals surface area (Å²) in [4.78, 5) is 14.0. The van der Waals surface area contributed by atoms with E-state index in [-0.39, 0.29) is 17.6 Å². The molecule has 1 fully saturated rings. The average Bonchev–Trinajstić information content (AvgIpc) is 2.25. The van der Waals surface area contributed by atoms with E-state index in [9.17, 15) is 4.79 Å². The van der Waals surface area contributed by atoms with Crippen LogP contribution in [-0.4, -0.2) is 59.8 Å². The molecule has 0 radical (unpaired) electrons. The molecule has 1 rings (SSSR count). The van der Waals surface area contributed by atoms with Crippen LogP contribution in [0.15, 0.2) is 0 Å². The number of esters is 1. The standard InChI is InChI=1S/C11H22N2O2S/c1-11(2,3)13-7-6-12(16-5)8-9(13)10(14)15-4/h9H,6-8H2,1-5H3/t9-/m0/s1. The maximum atomic E-state index is 11.8. The minimum absolute atomic E-state index is 0.00333. The molecule has 0 bridgehead atoms. The van der Waals surface area contributed by atoms with Gasteiger partial charge in [-0.1, -0.05) is 11.9 Å². The van der Waals surface area contributed by atoms with Gasteiger partial charge in [0.1, 0.15) is 6.04 Å². The monoisotopic (exact) mass is 246 g/mol. The van der Waals surface area contributed by atoms with Crippen molar-refractivity contribution in [3.8, 4) is 0 Å². The summed E-state index contributed by atoms with van der Waals surface area (Å²) in [6.45, 7) is 9.05. The summed E-state index contributed by atoms with van der Waals surface area (Å²) in [5, 5.41) is 0. The summed E-state index contributed by atoms with van der Waals surface area (Å²) in [5.74, 6) is -0.131. The maximum absolute atomic E-state index is 11.8. The first kappa shape index (κ1) is 13.8. The third kappa shape index (κ3) is 3.12. The van der Waals surface area contributed by atoms with E-state index in [4.69, 9.17) is 4.74 Å². The van der Waals surface area contributed by atoms with Crippen LogP contribution in [0.3, 0.4) is 0 Å². The van der Waals surface area contributed by atoms with E-state index in [0.29, 0.717) is 0 Å². The van der Waals surface area contributed by atoms with Crippen molar-refractivity contribution in [2.75, 3.05) is 33.0 Å². The predicted molar refractivity (Wildman–Crippen MR) is 67.4 cm³/mol. The van der Waals surface area contributed by atoms with Gasteiger partial charge < -0.3 is 4.74 Å².